The molecule has 1 saturated heterocycles. The molecule has 8 heteroatoms. The lowest BCUT2D eigenvalue weighted by molar-refractivity contribution is 0.280. The number of piperidine rings is 1. The third-order valence-corrected chi connectivity index (χ3v) is 7.94. The summed E-state index contributed by atoms with van der Waals surface area (Å²) in [7, 11) is 0. The Labute approximate surface area is 179 Å². The highest BCUT2D eigenvalue weighted by molar-refractivity contribution is 7.99. The van der Waals surface area contributed by atoms with Crippen LogP contribution in [-0.4, -0.2) is 32.4 Å². The maximum Gasteiger partial charge on any atom is 0.211 e. The number of aromatic nitrogens is 4. The van der Waals surface area contributed by atoms with E-state index in [1.165, 1.54) is 36.6 Å². The number of nitrogens with two attached hydrogens (primary N) is 1. The molecular weight excluding hydrogens is 404 g/mol. The summed E-state index contributed by atoms with van der Waals surface area (Å²) in [6.07, 6.45) is 13.4. The van der Waals surface area contributed by atoms with E-state index in [1.54, 1.807) is 6.20 Å². The Morgan fingerprint density at radius 3 is 2.69 bits per heavy atom. The van der Waals surface area contributed by atoms with E-state index >= 15 is 0 Å². The Balaban J connectivity index is 1.43. The molecule has 0 atom stereocenters. The van der Waals surface area contributed by atoms with Crippen molar-refractivity contribution in [2.24, 2.45) is 5.41 Å². The van der Waals surface area contributed by atoms with Gasteiger partial charge in [-0.2, -0.15) is 0 Å². The maximum atomic E-state index is 6.32. The van der Waals surface area contributed by atoms with Gasteiger partial charge in [-0.1, -0.05) is 35.5 Å². The van der Waals surface area contributed by atoms with Crippen LogP contribution in [0, 0.1) is 5.41 Å². The first-order valence-corrected chi connectivity index (χ1v) is 11.1. The third kappa shape index (κ3) is 3.16. The Morgan fingerprint density at radius 2 is 1.93 bits per heavy atom. The molecule has 1 aliphatic heterocycles. The summed E-state index contributed by atoms with van der Waals surface area (Å²) >= 11 is 7.83. The van der Waals surface area contributed by atoms with Gasteiger partial charge >= 0.3 is 0 Å². The van der Waals surface area contributed by atoms with Gasteiger partial charge in [-0.15, -0.1) is 0 Å². The molecule has 0 aromatic carbocycles. The van der Waals surface area contributed by atoms with E-state index in [2.05, 4.69) is 25.8 Å². The van der Waals surface area contributed by atoms with Gasteiger partial charge in [-0.25, -0.2) is 15.0 Å². The molecule has 2 fully saturated rings. The predicted molar refractivity (Wildman–Crippen MR) is 118 cm³/mol. The van der Waals surface area contributed by atoms with Gasteiger partial charge in [0, 0.05) is 42.8 Å². The molecule has 4 heterocycles. The zero-order valence-electron chi connectivity index (χ0n) is 16.1. The number of halogens is 1. The first kappa shape index (κ1) is 18.8. The van der Waals surface area contributed by atoms with Crippen molar-refractivity contribution in [3.8, 4) is 0 Å². The van der Waals surface area contributed by atoms with Crippen LogP contribution in [0.4, 0.5) is 11.8 Å². The number of imidazole rings is 1. The van der Waals surface area contributed by atoms with E-state index in [1.807, 2.05) is 24.7 Å². The number of pyridine rings is 1. The Kier molecular flexibility index (Phi) is 4.67. The van der Waals surface area contributed by atoms with Gasteiger partial charge in [0.15, 0.2) is 5.65 Å². The van der Waals surface area contributed by atoms with E-state index < -0.39 is 0 Å². The maximum absolute atomic E-state index is 6.32. The average molecular weight is 427 g/mol. The summed E-state index contributed by atoms with van der Waals surface area (Å²) in [6.45, 7) is 6.36. The smallest absolute Gasteiger partial charge is 0.211 e. The van der Waals surface area contributed by atoms with Crippen molar-refractivity contribution in [1.82, 2.24) is 19.4 Å². The van der Waals surface area contributed by atoms with Crippen molar-refractivity contribution in [3.63, 3.8) is 0 Å². The topological polar surface area (TPSA) is 72.3 Å². The van der Waals surface area contributed by atoms with Crippen molar-refractivity contribution in [1.29, 1.82) is 0 Å². The number of rotatable bonds is 3. The second-order valence-electron chi connectivity index (χ2n) is 7.88. The fraction of sp³-hybridized carbons (Fsp3) is 0.381. The second-order valence-corrected chi connectivity index (χ2v) is 9.34. The molecule has 1 saturated carbocycles. The van der Waals surface area contributed by atoms with Crippen molar-refractivity contribution >= 4 is 40.8 Å². The highest BCUT2D eigenvalue weighted by atomic mass is 35.5. The number of anilines is 2. The fourth-order valence-corrected chi connectivity index (χ4v) is 5.78. The van der Waals surface area contributed by atoms with E-state index in [9.17, 15) is 0 Å². The molecule has 2 aliphatic rings. The van der Waals surface area contributed by atoms with E-state index in [4.69, 9.17) is 22.3 Å². The normalized spacial score (nSPS) is 18.8. The summed E-state index contributed by atoms with van der Waals surface area (Å²) in [5.74, 6) is 1.28. The summed E-state index contributed by atoms with van der Waals surface area (Å²) in [5.41, 5.74) is 8.53. The van der Waals surface area contributed by atoms with Crippen LogP contribution in [0.3, 0.4) is 0 Å². The van der Waals surface area contributed by atoms with Crippen LogP contribution in [0.25, 0.3) is 5.65 Å². The van der Waals surface area contributed by atoms with Crippen LogP contribution >= 0.6 is 23.4 Å². The molecule has 6 nitrogen and oxygen atoms in total. The van der Waals surface area contributed by atoms with Crippen LogP contribution in [0.5, 0.6) is 0 Å². The molecule has 3 aromatic rings. The van der Waals surface area contributed by atoms with Gasteiger partial charge in [-0.05, 0) is 43.6 Å². The number of nitrogen functional groups attached to an aromatic ring is 1. The van der Waals surface area contributed by atoms with Crippen molar-refractivity contribution in [2.75, 3.05) is 23.7 Å². The van der Waals surface area contributed by atoms with Gasteiger partial charge in [0.25, 0.3) is 0 Å². The first-order chi connectivity index (χ1) is 14.1. The minimum absolute atomic E-state index is 0.330. The summed E-state index contributed by atoms with van der Waals surface area (Å²) in [5, 5.41) is 0.462. The number of allylic oxidation sites excluding steroid dienone is 1. The number of hydrogen-bond donors (Lipinski definition) is 1. The van der Waals surface area contributed by atoms with Crippen LogP contribution in [0.2, 0.25) is 5.02 Å². The number of fused-ring (bicyclic) bond motifs is 1. The molecule has 150 valence electrons. The SMILES string of the molecule is C=C1CCCC12CCN(c1ncc(Sc3ccnc(N)c3Cl)c3nccn13)CC2. The molecule has 1 spiro atoms. The zero-order valence-corrected chi connectivity index (χ0v) is 17.7. The monoisotopic (exact) mass is 426 g/mol. The van der Waals surface area contributed by atoms with E-state index in [0.29, 0.717) is 16.3 Å². The van der Waals surface area contributed by atoms with Crippen molar-refractivity contribution in [3.05, 3.63) is 48.0 Å². The minimum Gasteiger partial charge on any atom is -0.382 e. The molecule has 0 unspecified atom stereocenters. The van der Waals surface area contributed by atoms with Gasteiger partial charge in [0.1, 0.15) is 5.82 Å². The van der Waals surface area contributed by atoms with Gasteiger partial charge in [0.05, 0.1) is 9.92 Å². The molecule has 29 heavy (non-hydrogen) atoms. The fourth-order valence-electron chi connectivity index (χ4n) is 4.65. The van der Waals surface area contributed by atoms with Crippen LogP contribution < -0.4 is 10.6 Å². The molecular formula is C21H23ClN6S. The second kappa shape index (κ2) is 7.22. The molecule has 2 N–H and O–H groups in total. The lowest BCUT2D eigenvalue weighted by Gasteiger charge is -2.40. The highest BCUT2D eigenvalue weighted by Crippen LogP contribution is 2.49. The van der Waals surface area contributed by atoms with Gasteiger partial charge < -0.3 is 10.6 Å². The highest BCUT2D eigenvalue weighted by Gasteiger charge is 2.40. The Hall–Kier alpha value is -2.25. The first-order valence-electron chi connectivity index (χ1n) is 9.90. The van der Waals surface area contributed by atoms with Crippen LogP contribution in [0.15, 0.2) is 52.8 Å². The predicted octanol–water partition coefficient (Wildman–Crippen LogP) is 4.84. The lowest BCUT2D eigenvalue weighted by Crippen LogP contribution is -2.40. The molecule has 1 aliphatic carbocycles. The standard InChI is InChI=1S/C21H23ClN6S/c1-14-3-2-5-21(14)6-10-27(11-7-21)20-26-13-16(19-25-9-12-28(19)20)29-15-4-8-24-18(23)17(15)22/h4,8-9,12-13H,1-3,5-7,10-11H2,(H2,23,24). The Bertz CT molecular complexity index is 1090. The quantitative estimate of drug-likeness (QED) is 0.604. The zero-order chi connectivity index (χ0) is 20.0. The molecule has 0 amide bonds. The molecule has 0 bridgehead atoms. The van der Waals surface area contributed by atoms with Crippen LogP contribution in [0.1, 0.15) is 32.1 Å². The third-order valence-electron chi connectivity index (χ3n) is 6.36. The molecule has 5 rings (SSSR count). The van der Waals surface area contributed by atoms with Crippen molar-refractivity contribution in [2.45, 2.75) is 41.9 Å². The van der Waals surface area contributed by atoms with Crippen LogP contribution in [-0.2, 0) is 0 Å². The minimum atomic E-state index is 0.330. The summed E-state index contributed by atoms with van der Waals surface area (Å²) in [6, 6.07) is 1.86. The largest absolute Gasteiger partial charge is 0.382 e. The van der Waals surface area contributed by atoms with E-state index in [0.717, 1.165) is 47.3 Å². The van der Waals surface area contributed by atoms with Gasteiger partial charge in [0.2, 0.25) is 5.95 Å². The average Bonchev–Trinajstić information content (AvgIpc) is 3.35. The Morgan fingerprint density at radius 1 is 1.10 bits per heavy atom. The summed E-state index contributed by atoms with van der Waals surface area (Å²) < 4.78 is 2.07. The van der Waals surface area contributed by atoms with E-state index in [-0.39, 0.29) is 0 Å². The van der Waals surface area contributed by atoms with Crippen molar-refractivity contribution < 1.29 is 0 Å². The molecule has 0 radical (unpaired) electrons. The molecule has 3 aromatic heterocycles. The van der Waals surface area contributed by atoms with Gasteiger partial charge in [-0.3, -0.25) is 4.40 Å². The summed E-state index contributed by atoms with van der Waals surface area (Å²) in [4.78, 5) is 17.6. The lowest BCUT2D eigenvalue weighted by atomic mass is 9.74. The number of hydrogen-bond acceptors (Lipinski definition) is 6. The number of nitrogens with zero attached hydrogens (tertiary/aromatic N) is 5.